The van der Waals surface area contributed by atoms with Crippen molar-refractivity contribution in [1.82, 2.24) is 9.88 Å². The molecule has 1 saturated carbocycles. The number of rotatable bonds is 4. The highest BCUT2D eigenvalue weighted by Crippen LogP contribution is 2.34. The number of hydrogen-bond donors (Lipinski definition) is 0. The number of pyridine rings is 1. The highest BCUT2D eigenvalue weighted by atomic mass is 19.1. The highest BCUT2D eigenvalue weighted by molar-refractivity contribution is 5.80. The van der Waals surface area contributed by atoms with Crippen LogP contribution in [0.25, 0.3) is 0 Å². The summed E-state index contributed by atoms with van der Waals surface area (Å²) in [4.78, 5) is 18.2. The van der Waals surface area contributed by atoms with E-state index >= 15 is 0 Å². The molecule has 1 aromatic carbocycles. The SMILES string of the molecule is CN(C(=O)C1CCC1)[C@@H](c1cccnc1)c1ccc(F)cc1F. The van der Waals surface area contributed by atoms with E-state index in [1.165, 1.54) is 12.1 Å². The molecule has 0 spiro atoms. The zero-order chi connectivity index (χ0) is 16.4. The van der Waals surface area contributed by atoms with Gasteiger partial charge in [-0.3, -0.25) is 9.78 Å². The molecule has 0 aliphatic heterocycles. The second-order valence-electron chi connectivity index (χ2n) is 5.93. The maximum absolute atomic E-state index is 14.3. The second-order valence-corrected chi connectivity index (χ2v) is 5.93. The number of aromatic nitrogens is 1. The lowest BCUT2D eigenvalue weighted by Gasteiger charge is -2.35. The summed E-state index contributed by atoms with van der Waals surface area (Å²) < 4.78 is 27.5. The maximum atomic E-state index is 14.3. The molecule has 1 heterocycles. The lowest BCUT2D eigenvalue weighted by molar-refractivity contribution is -0.138. The van der Waals surface area contributed by atoms with Crippen molar-refractivity contribution in [2.24, 2.45) is 5.92 Å². The molecule has 0 unspecified atom stereocenters. The van der Waals surface area contributed by atoms with Gasteiger partial charge in [-0.2, -0.15) is 0 Å². The van der Waals surface area contributed by atoms with Crippen molar-refractivity contribution in [2.45, 2.75) is 25.3 Å². The minimum atomic E-state index is -0.660. The number of carbonyl (C=O) groups excluding carboxylic acids is 1. The largest absolute Gasteiger partial charge is 0.334 e. The van der Waals surface area contributed by atoms with Gasteiger partial charge in [0.2, 0.25) is 5.91 Å². The molecule has 0 saturated heterocycles. The van der Waals surface area contributed by atoms with Gasteiger partial charge in [0.15, 0.2) is 0 Å². The van der Waals surface area contributed by atoms with Crippen molar-refractivity contribution in [3.63, 3.8) is 0 Å². The zero-order valence-electron chi connectivity index (χ0n) is 12.9. The van der Waals surface area contributed by atoms with Gasteiger partial charge in [0, 0.05) is 37.0 Å². The number of carbonyl (C=O) groups is 1. The van der Waals surface area contributed by atoms with Gasteiger partial charge in [0.1, 0.15) is 11.6 Å². The monoisotopic (exact) mass is 316 g/mol. The fourth-order valence-corrected chi connectivity index (χ4v) is 2.94. The van der Waals surface area contributed by atoms with Crippen LogP contribution in [-0.2, 0) is 4.79 Å². The Morgan fingerprint density at radius 3 is 2.65 bits per heavy atom. The van der Waals surface area contributed by atoms with Gasteiger partial charge in [0.05, 0.1) is 6.04 Å². The quantitative estimate of drug-likeness (QED) is 0.861. The van der Waals surface area contributed by atoms with E-state index in [0.29, 0.717) is 5.56 Å². The predicted molar refractivity (Wildman–Crippen MR) is 82.5 cm³/mol. The summed E-state index contributed by atoms with van der Waals surface area (Å²) in [6, 6.07) is 6.38. The maximum Gasteiger partial charge on any atom is 0.226 e. The molecule has 1 aliphatic carbocycles. The van der Waals surface area contributed by atoms with Gasteiger partial charge in [-0.05, 0) is 30.5 Å². The Kier molecular flexibility index (Phi) is 4.37. The van der Waals surface area contributed by atoms with E-state index in [1.54, 1.807) is 36.5 Å². The van der Waals surface area contributed by atoms with Crippen molar-refractivity contribution in [3.05, 3.63) is 65.5 Å². The molecule has 0 radical (unpaired) electrons. The molecule has 1 atom stereocenters. The fourth-order valence-electron chi connectivity index (χ4n) is 2.94. The first kappa shape index (κ1) is 15.6. The number of hydrogen-bond acceptors (Lipinski definition) is 2. The molecule has 23 heavy (non-hydrogen) atoms. The average molecular weight is 316 g/mol. The first-order chi connectivity index (χ1) is 11.1. The van der Waals surface area contributed by atoms with Crippen LogP contribution in [-0.4, -0.2) is 22.8 Å². The standard InChI is InChI=1S/C18H18F2N2O/c1-22(18(23)12-4-2-5-12)17(13-6-3-9-21-11-13)15-8-7-14(19)10-16(15)20/h3,6-12,17H,2,4-5H2,1H3/t17-/m0/s1. The van der Waals surface area contributed by atoms with Crippen LogP contribution >= 0.6 is 0 Å². The van der Waals surface area contributed by atoms with Crippen LogP contribution in [0, 0.1) is 17.6 Å². The minimum absolute atomic E-state index is 0.00248. The highest BCUT2D eigenvalue weighted by Gasteiger charge is 2.33. The third-order valence-electron chi connectivity index (χ3n) is 4.45. The Labute approximate surface area is 134 Å². The molecule has 120 valence electrons. The lowest BCUT2D eigenvalue weighted by atomic mass is 9.83. The van der Waals surface area contributed by atoms with Crippen LogP contribution in [0.3, 0.4) is 0 Å². The molecule has 1 aromatic heterocycles. The summed E-state index contributed by atoms with van der Waals surface area (Å²) in [5.41, 5.74) is 0.975. The van der Waals surface area contributed by atoms with Crippen molar-refractivity contribution in [1.29, 1.82) is 0 Å². The van der Waals surface area contributed by atoms with Crippen LogP contribution in [0.1, 0.15) is 36.4 Å². The number of benzene rings is 1. The smallest absolute Gasteiger partial charge is 0.226 e. The van der Waals surface area contributed by atoms with Gasteiger partial charge in [0.25, 0.3) is 0 Å². The molecule has 0 bridgehead atoms. The van der Waals surface area contributed by atoms with E-state index < -0.39 is 17.7 Å². The molecule has 0 N–H and O–H groups in total. The van der Waals surface area contributed by atoms with E-state index in [1.807, 2.05) is 0 Å². The summed E-state index contributed by atoms with van der Waals surface area (Å²) >= 11 is 0. The lowest BCUT2D eigenvalue weighted by Crippen LogP contribution is -2.39. The van der Waals surface area contributed by atoms with E-state index in [2.05, 4.69) is 4.98 Å². The number of amides is 1. The van der Waals surface area contributed by atoms with Crippen LogP contribution in [0.4, 0.5) is 8.78 Å². The fraction of sp³-hybridized carbons (Fsp3) is 0.333. The molecule has 3 rings (SSSR count). The third kappa shape index (κ3) is 3.09. The Hall–Kier alpha value is -2.30. The molecule has 3 nitrogen and oxygen atoms in total. The molecule has 1 aliphatic rings. The Balaban J connectivity index is 2.01. The van der Waals surface area contributed by atoms with Crippen LogP contribution in [0.5, 0.6) is 0 Å². The van der Waals surface area contributed by atoms with E-state index in [0.717, 1.165) is 25.3 Å². The van der Waals surface area contributed by atoms with Gasteiger partial charge >= 0.3 is 0 Å². The van der Waals surface area contributed by atoms with Gasteiger partial charge in [-0.25, -0.2) is 8.78 Å². The van der Waals surface area contributed by atoms with Crippen molar-refractivity contribution in [3.8, 4) is 0 Å². The van der Waals surface area contributed by atoms with Crippen molar-refractivity contribution in [2.75, 3.05) is 7.05 Å². The summed E-state index contributed by atoms with van der Waals surface area (Å²) in [5, 5.41) is 0. The molecule has 1 amide bonds. The number of nitrogens with zero attached hydrogens (tertiary/aromatic N) is 2. The predicted octanol–water partition coefficient (Wildman–Crippen LogP) is 3.71. The first-order valence-corrected chi connectivity index (χ1v) is 7.69. The third-order valence-corrected chi connectivity index (χ3v) is 4.45. The number of halogens is 2. The summed E-state index contributed by atoms with van der Waals surface area (Å²) in [6.45, 7) is 0. The van der Waals surface area contributed by atoms with E-state index in [-0.39, 0.29) is 17.4 Å². The van der Waals surface area contributed by atoms with Crippen LogP contribution in [0.2, 0.25) is 0 Å². The minimum Gasteiger partial charge on any atom is -0.334 e. The summed E-state index contributed by atoms with van der Waals surface area (Å²) in [6.07, 6.45) is 6.02. The summed E-state index contributed by atoms with van der Waals surface area (Å²) in [5.74, 6) is -1.30. The Morgan fingerprint density at radius 1 is 1.30 bits per heavy atom. The molecule has 2 aromatic rings. The second kappa shape index (κ2) is 6.44. The topological polar surface area (TPSA) is 33.2 Å². The van der Waals surface area contributed by atoms with Gasteiger partial charge < -0.3 is 4.90 Å². The van der Waals surface area contributed by atoms with Gasteiger partial charge in [-0.15, -0.1) is 0 Å². The van der Waals surface area contributed by atoms with Crippen molar-refractivity contribution >= 4 is 5.91 Å². The summed E-state index contributed by atoms with van der Waals surface area (Å²) in [7, 11) is 1.67. The van der Waals surface area contributed by atoms with Crippen LogP contribution in [0.15, 0.2) is 42.7 Å². The Morgan fingerprint density at radius 2 is 2.09 bits per heavy atom. The molecular weight excluding hydrogens is 298 g/mol. The average Bonchev–Trinajstić information content (AvgIpc) is 2.49. The molecular formula is C18H18F2N2O. The normalized spacial score (nSPS) is 15.8. The first-order valence-electron chi connectivity index (χ1n) is 7.69. The Bertz CT molecular complexity index is 701. The zero-order valence-corrected chi connectivity index (χ0v) is 12.9. The van der Waals surface area contributed by atoms with E-state index in [4.69, 9.17) is 0 Å². The van der Waals surface area contributed by atoms with Gasteiger partial charge in [-0.1, -0.05) is 18.6 Å². The van der Waals surface area contributed by atoms with Crippen LogP contribution < -0.4 is 0 Å². The van der Waals surface area contributed by atoms with E-state index in [9.17, 15) is 13.6 Å². The molecule has 5 heteroatoms. The molecule has 1 fully saturated rings. The van der Waals surface area contributed by atoms with Crippen molar-refractivity contribution < 1.29 is 13.6 Å².